The zero-order valence-electron chi connectivity index (χ0n) is 12.0. The summed E-state index contributed by atoms with van der Waals surface area (Å²) in [5.74, 6) is 1.10. The largest absolute Gasteiger partial charge is 0.295 e. The molecule has 0 radical (unpaired) electrons. The molecule has 0 N–H and O–H groups in total. The van der Waals surface area contributed by atoms with E-state index in [1.807, 2.05) is 24.3 Å². The van der Waals surface area contributed by atoms with Crippen molar-refractivity contribution < 1.29 is 8.42 Å². The van der Waals surface area contributed by atoms with Gasteiger partial charge in [-0.05, 0) is 24.0 Å². The van der Waals surface area contributed by atoms with Crippen molar-refractivity contribution in [3.8, 4) is 0 Å². The molecule has 0 spiro atoms. The van der Waals surface area contributed by atoms with E-state index in [9.17, 15) is 8.42 Å². The zero-order chi connectivity index (χ0) is 14.8. The minimum absolute atomic E-state index is 0.124. The van der Waals surface area contributed by atoms with Crippen molar-refractivity contribution in [1.82, 2.24) is 4.90 Å². The summed E-state index contributed by atoms with van der Waals surface area (Å²) in [6.07, 6.45) is 0.736. The highest BCUT2D eigenvalue weighted by Gasteiger charge is 2.32. The van der Waals surface area contributed by atoms with Gasteiger partial charge in [0.1, 0.15) is 0 Å². The Balaban J connectivity index is 2.14. The van der Waals surface area contributed by atoms with Crippen LogP contribution in [0.3, 0.4) is 0 Å². The highest BCUT2D eigenvalue weighted by atomic mass is 35.5. The molecule has 1 aromatic carbocycles. The van der Waals surface area contributed by atoms with Crippen LogP contribution in [0.1, 0.15) is 25.8 Å². The van der Waals surface area contributed by atoms with Crippen LogP contribution in [0.2, 0.25) is 5.02 Å². The third kappa shape index (κ3) is 4.21. The van der Waals surface area contributed by atoms with Gasteiger partial charge in [-0.2, -0.15) is 0 Å². The summed E-state index contributed by atoms with van der Waals surface area (Å²) < 4.78 is 23.4. The van der Waals surface area contributed by atoms with Gasteiger partial charge in [0.25, 0.3) is 0 Å². The van der Waals surface area contributed by atoms with Crippen LogP contribution >= 0.6 is 11.6 Å². The maximum Gasteiger partial charge on any atom is 0.151 e. The molecule has 1 aromatic rings. The van der Waals surface area contributed by atoms with E-state index in [1.165, 1.54) is 0 Å². The predicted octanol–water partition coefficient (Wildman–Crippen LogP) is 2.99. The van der Waals surface area contributed by atoms with E-state index in [1.54, 1.807) is 0 Å². The van der Waals surface area contributed by atoms with Crippen molar-refractivity contribution in [3.63, 3.8) is 0 Å². The van der Waals surface area contributed by atoms with Gasteiger partial charge in [0.2, 0.25) is 0 Å². The van der Waals surface area contributed by atoms with Gasteiger partial charge in [-0.1, -0.05) is 43.6 Å². The zero-order valence-corrected chi connectivity index (χ0v) is 13.6. The highest BCUT2D eigenvalue weighted by Crippen LogP contribution is 2.24. The van der Waals surface area contributed by atoms with E-state index >= 15 is 0 Å². The van der Waals surface area contributed by atoms with Crippen LogP contribution in [-0.2, 0) is 16.4 Å². The number of sulfone groups is 1. The summed E-state index contributed by atoms with van der Waals surface area (Å²) in [5.41, 5.74) is 1.07. The van der Waals surface area contributed by atoms with E-state index in [-0.39, 0.29) is 11.8 Å². The number of hydrogen-bond donors (Lipinski definition) is 0. The molecule has 1 fully saturated rings. The maximum atomic E-state index is 11.7. The molecule has 1 saturated heterocycles. The Kier molecular flexibility index (Phi) is 5.10. The molecule has 0 aromatic heterocycles. The monoisotopic (exact) mass is 315 g/mol. The Hall–Kier alpha value is -0.580. The Bertz CT molecular complexity index is 557. The molecule has 0 unspecified atom stereocenters. The van der Waals surface area contributed by atoms with Gasteiger partial charge < -0.3 is 0 Å². The second-order valence-electron chi connectivity index (χ2n) is 5.97. The Morgan fingerprint density at radius 2 is 2.05 bits per heavy atom. The second-order valence-corrected chi connectivity index (χ2v) is 8.61. The van der Waals surface area contributed by atoms with Crippen LogP contribution in [0, 0.1) is 5.92 Å². The molecule has 0 saturated carbocycles. The second kappa shape index (κ2) is 6.46. The van der Waals surface area contributed by atoms with Gasteiger partial charge in [-0.15, -0.1) is 0 Å². The van der Waals surface area contributed by atoms with E-state index in [0.29, 0.717) is 11.7 Å². The van der Waals surface area contributed by atoms with Gasteiger partial charge in [0, 0.05) is 24.2 Å². The summed E-state index contributed by atoms with van der Waals surface area (Å²) >= 11 is 6.22. The van der Waals surface area contributed by atoms with Crippen molar-refractivity contribution in [2.75, 3.05) is 18.1 Å². The first-order valence-electron chi connectivity index (χ1n) is 7.05. The number of benzene rings is 1. The van der Waals surface area contributed by atoms with Crippen molar-refractivity contribution in [1.29, 1.82) is 0 Å². The number of hydrogen-bond acceptors (Lipinski definition) is 3. The summed E-state index contributed by atoms with van der Waals surface area (Å²) in [7, 11) is -2.85. The summed E-state index contributed by atoms with van der Waals surface area (Å²) in [6, 6.07) is 7.91. The number of rotatable bonds is 5. The predicted molar refractivity (Wildman–Crippen MR) is 83.8 cm³/mol. The minimum Gasteiger partial charge on any atom is -0.295 e. The van der Waals surface area contributed by atoms with Crippen LogP contribution in [0.4, 0.5) is 0 Å². The molecule has 2 rings (SSSR count). The van der Waals surface area contributed by atoms with Gasteiger partial charge in [-0.25, -0.2) is 8.42 Å². The van der Waals surface area contributed by atoms with Crippen molar-refractivity contribution in [2.45, 2.75) is 32.9 Å². The lowest BCUT2D eigenvalue weighted by molar-refractivity contribution is 0.181. The highest BCUT2D eigenvalue weighted by molar-refractivity contribution is 7.91. The smallest absolute Gasteiger partial charge is 0.151 e. The molecule has 0 aliphatic carbocycles. The lowest BCUT2D eigenvalue weighted by Crippen LogP contribution is -2.38. The lowest BCUT2D eigenvalue weighted by atomic mass is 10.1. The third-order valence-corrected chi connectivity index (χ3v) is 5.77. The molecule has 3 nitrogen and oxygen atoms in total. The Morgan fingerprint density at radius 1 is 1.35 bits per heavy atom. The van der Waals surface area contributed by atoms with E-state index in [2.05, 4.69) is 18.7 Å². The average Bonchev–Trinajstić information content (AvgIpc) is 2.71. The van der Waals surface area contributed by atoms with Crippen LogP contribution in [0.5, 0.6) is 0 Å². The molecule has 1 aliphatic heterocycles. The van der Waals surface area contributed by atoms with Gasteiger partial charge in [-0.3, -0.25) is 4.90 Å². The van der Waals surface area contributed by atoms with Crippen LogP contribution < -0.4 is 0 Å². The molecule has 0 amide bonds. The van der Waals surface area contributed by atoms with Crippen molar-refractivity contribution in [2.24, 2.45) is 5.92 Å². The normalized spacial score (nSPS) is 21.8. The lowest BCUT2D eigenvalue weighted by Gasteiger charge is -2.30. The van der Waals surface area contributed by atoms with Crippen molar-refractivity contribution >= 4 is 21.4 Å². The maximum absolute atomic E-state index is 11.7. The summed E-state index contributed by atoms with van der Waals surface area (Å²) in [5, 5.41) is 0.752. The average molecular weight is 316 g/mol. The quantitative estimate of drug-likeness (QED) is 0.838. The van der Waals surface area contributed by atoms with E-state index < -0.39 is 9.84 Å². The van der Waals surface area contributed by atoms with Gasteiger partial charge in [0.05, 0.1) is 11.5 Å². The standard InChI is InChI=1S/C15H22ClNO2S/c1-12(2)9-17(14-7-8-20(18,19)11-14)10-13-5-3-4-6-15(13)16/h3-6,12,14H,7-11H2,1-2H3/t14-/m0/s1. The Labute approximate surface area is 126 Å². The topological polar surface area (TPSA) is 37.4 Å². The minimum atomic E-state index is -2.85. The fourth-order valence-corrected chi connectivity index (χ4v) is 4.68. The first-order valence-corrected chi connectivity index (χ1v) is 9.25. The van der Waals surface area contributed by atoms with Crippen LogP contribution in [0.15, 0.2) is 24.3 Å². The fourth-order valence-electron chi connectivity index (χ4n) is 2.72. The number of halogens is 1. The Morgan fingerprint density at radius 3 is 2.60 bits per heavy atom. The molecule has 5 heteroatoms. The first-order chi connectivity index (χ1) is 9.37. The summed E-state index contributed by atoms with van der Waals surface area (Å²) in [6.45, 7) is 5.93. The molecule has 112 valence electrons. The van der Waals surface area contributed by atoms with Crippen LogP contribution in [0.25, 0.3) is 0 Å². The van der Waals surface area contributed by atoms with E-state index in [4.69, 9.17) is 11.6 Å². The molecule has 1 atom stereocenters. The molecular weight excluding hydrogens is 294 g/mol. The molecule has 1 aliphatic rings. The molecule has 1 heterocycles. The van der Waals surface area contributed by atoms with Gasteiger partial charge in [0.15, 0.2) is 9.84 Å². The molecular formula is C15H22ClNO2S. The SMILES string of the molecule is CC(C)CN(Cc1ccccc1Cl)[C@H]1CCS(=O)(=O)C1. The van der Waals surface area contributed by atoms with Gasteiger partial charge >= 0.3 is 0 Å². The molecule has 20 heavy (non-hydrogen) atoms. The fraction of sp³-hybridized carbons (Fsp3) is 0.600. The van der Waals surface area contributed by atoms with E-state index in [0.717, 1.165) is 30.1 Å². The molecule has 0 bridgehead atoms. The van der Waals surface area contributed by atoms with Crippen LogP contribution in [-0.4, -0.2) is 37.4 Å². The third-order valence-electron chi connectivity index (χ3n) is 3.66. The first kappa shape index (κ1) is 15.8. The summed E-state index contributed by atoms with van der Waals surface area (Å²) in [4.78, 5) is 2.27. The van der Waals surface area contributed by atoms with Crippen molar-refractivity contribution in [3.05, 3.63) is 34.9 Å². The number of nitrogens with zero attached hydrogens (tertiary/aromatic N) is 1.